The molecule has 2 amide bonds. The normalized spacial score (nSPS) is 20.1. The number of carboxylic acid groups (broad SMARTS) is 1. The zero-order valence-electron chi connectivity index (χ0n) is 14.7. The molecule has 6 nitrogen and oxygen atoms in total. The monoisotopic (exact) mass is 346 g/mol. The highest BCUT2D eigenvalue weighted by Crippen LogP contribution is 2.31. The Morgan fingerprint density at radius 2 is 1.52 bits per heavy atom. The minimum absolute atomic E-state index is 0.0432. The zero-order valence-corrected chi connectivity index (χ0v) is 14.7. The smallest absolute Gasteiger partial charge is 0.307 e. The second-order valence-corrected chi connectivity index (χ2v) is 7.05. The van der Waals surface area contributed by atoms with E-state index in [4.69, 9.17) is 0 Å². The van der Waals surface area contributed by atoms with Crippen molar-refractivity contribution in [1.29, 1.82) is 0 Å². The summed E-state index contributed by atoms with van der Waals surface area (Å²) in [7, 11) is 0. The van der Waals surface area contributed by atoms with Crippen LogP contribution in [0.25, 0.3) is 0 Å². The Labute approximate surface area is 148 Å². The number of carboxylic acids is 1. The van der Waals surface area contributed by atoms with Crippen molar-refractivity contribution in [3.8, 4) is 0 Å². The number of anilines is 2. The van der Waals surface area contributed by atoms with E-state index in [2.05, 4.69) is 10.6 Å². The van der Waals surface area contributed by atoms with Gasteiger partial charge in [-0.05, 0) is 43.0 Å². The number of rotatable bonds is 6. The van der Waals surface area contributed by atoms with Crippen LogP contribution in [0.1, 0.15) is 46.0 Å². The van der Waals surface area contributed by atoms with Gasteiger partial charge in [-0.1, -0.05) is 26.7 Å². The van der Waals surface area contributed by atoms with Gasteiger partial charge in [-0.3, -0.25) is 14.4 Å². The van der Waals surface area contributed by atoms with E-state index in [0.717, 1.165) is 12.8 Å². The molecule has 0 saturated heterocycles. The largest absolute Gasteiger partial charge is 0.481 e. The first-order chi connectivity index (χ1) is 11.9. The molecule has 1 fully saturated rings. The third-order valence-corrected chi connectivity index (χ3v) is 4.45. The number of benzene rings is 1. The van der Waals surface area contributed by atoms with Crippen LogP contribution in [0.5, 0.6) is 0 Å². The molecule has 1 aliphatic carbocycles. The lowest BCUT2D eigenvalue weighted by Gasteiger charge is -2.27. The Morgan fingerprint density at radius 1 is 1.00 bits per heavy atom. The molecule has 2 atom stereocenters. The standard InChI is InChI=1S/C19H26N2O4/c1-12(2)11-17(22)20-13-7-9-14(10-8-13)21-18(23)15-5-3-4-6-16(15)19(24)25/h7-10,12,15-16H,3-6,11H2,1-2H3,(H,20,22)(H,21,23)(H,24,25). The number of carbonyl (C=O) groups excluding carboxylic acids is 2. The third-order valence-electron chi connectivity index (χ3n) is 4.45. The van der Waals surface area contributed by atoms with E-state index in [1.807, 2.05) is 13.8 Å². The van der Waals surface area contributed by atoms with Crippen LogP contribution in [0.3, 0.4) is 0 Å². The Bertz CT molecular complexity index is 625. The molecule has 6 heteroatoms. The van der Waals surface area contributed by atoms with E-state index in [1.165, 1.54) is 0 Å². The molecule has 2 rings (SSSR count). The fourth-order valence-electron chi connectivity index (χ4n) is 3.19. The number of aliphatic carboxylic acids is 1. The fraction of sp³-hybridized carbons (Fsp3) is 0.526. The summed E-state index contributed by atoms with van der Waals surface area (Å²) < 4.78 is 0. The van der Waals surface area contributed by atoms with Crippen molar-refractivity contribution >= 4 is 29.2 Å². The first-order valence-electron chi connectivity index (χ1n) is 8.80. The van der Waals surface area contributed by atoms with Gasteiger partial charge in [0.15, 0.2) is 0 Å². The van der Waals surface area contributed by atoms with Crippen LogP contribution < -0.4 is 10.6 Å². The van der Waals surface area contributed by atoms with E-state index >= 15 is 0 Å². The summed E-state index contributed by atoms with van der Waals surface area (Å²) in [5.74, 6) is -2.00. The molecule has 1 aromatic rings. The van der Waals surface area contributed by atoms with Crippen molar-refractivity contribution in [3.63, 3.8) is 0 Å². The van der Waals surface area contributed by atoms with Gasteiger partial charge < -0.3 is 15.7 Å². The molecular weight excluding hydrogens is 320 g/mol. The van der Waals surface area contributed by atoms with Crippen LogP contribution >= 0.6 is 0 Å². The maximum absolute atomic E-state index is 12.4. The quantitative estimate of drug-likeness (QED) is 0.734. The minimum atomic E-state index is -0.900. The molecule has 0 heterocycles. The van der Waals surface area contributed by atoms with Crippen molar-refractivity contribution in [2.45, 2.75) is 46.0 Å². The van der Waals surface area contributed by atoms with E-state index in [1.54, 1.807) is 24.3 Å². The van der Waals surface area contributed by atoms with Crippen LogP contribution in [0.2, 0.25) is 0 Å². The van der Waals surface area contributed by atoms with E-state index < -0.39 is 17.8 Å². The Hall–Kier alpha value is -2.37. The molecule has 2 unspecified atom stereocenters. The van der Waals surface area contributed by atoms with Crippen molar-refractivity contribution in [2.24, 2.45) is 17.8 Å². The highest BCUT2D eigenvalue weighted by atomic mass is 16.4. The van der Waals surface area contributed by atoms with Crippen LogP contribution in [-0.4, -0.2) is 22.9 Å². The SMILES string of the molecule is CC(C)CC(=O)Nc1ccc(NC(=O)C2CCCCC2C(=O)O)cc1. The molecule has 0 radical (unpaired) electrons. The molecule has 0 aliphatic heterocycles. The Morgan fingerprint density at radius 3 is 2.04 bits per heavy atom. The lowest BCUT2D eigenvalue weighted by atomic mass is 9.78. The van der Waals surface area contributed by atoms with Crippen molar-refractivity contribution in [2.75, 3.05) is 10.6 Å². The molecule has 0 spiro atoms. The summed E-state index contributed by atoms with van der Waals surface area (Å²) in [5.41, 5.74) is 1.27. The summed E-state index contributed by atoms with van der Waals surface area (Å²) >= 11 is 0. The van der Waals surface area contributed by atoms with E-state index in [0.29, 0.717) is 30.6 Å². The average Bonchev–Trinajstić information content (AvgIpc) is 2.55. The number of nitrogens with one attached hydrogen (secondary N) is 2. The maximum Gasteiger partial charge on any atom is 0.307 e. The first kappa shape index (κ1) is 19.0. The van der Waals surface area contributed by atoms with Crippen molar-refractivity contribution in [3.05, 3.63) is 24.3 Å². The van der Waals surface area contributed by atoms with Gasteiger partial charge in [0.25, 0.3) is 0 Å². The first-order valence-corrected chi connectivity index (χ1v) is 8.80. The van der Waals surface area contributed by atoms with Crippen LogP contribution in [-0.2, 0) is 14.4 Å². The Kier molecular flexibility index (Phi) is 6.56. The van der Waals surface area contributed by atoms with Gasteiger partial charge in [0.1, 0.15) is 0 Å². The molecule has 136 valence electrons. The van der Waals surface area contributed by atoms with Gasteiger partial charge in [-0.15, -0.1) is 0 Å². The summed E-state index contributed by atoms with van der Waals surface area (Å²) in [6, 6.07) is 6.87. The third kappa shape index (κ3) is 5.59. The lowest BCUT2D eigenvalue weighted by molar-refractivity contribution is -0.147. The second-order valence-electron chi connectivity index (χ2n) is 7.05. The molecule has 25 heavy (non-hydrogen) atoms. The predicted octanol–water partition coefficient (Wildman–Crippen LogP) is 3.50. The Balaban J connectivity index is 1.95. The predicted molar refractivity (Wildman–Crippen MR) is 96.2 cm³/mol. The van der Waals surface area contributed by atoms with Gasteiger partial charge in [-0.25, -0.2) is 0 Å². The number of carbonyl (C=O) groups is 3. The van der Waals surface area contributed by atoms with Gasteiger partial charge in [-0.2, -0.15) is 0 Å². The second kappa shape index (κ2) is 8.65. The van der Waals surface area contributed by atoms with Crippen LogP contribution in [0.4, 0.5) is 11.4 Å². The van der Waals surface area contributed by atoms with Crippen LogP contribution in [0, 0.1) is 17.8 Å². The number of hydrogen-bond acceptors (Lipinski definition) is 3. The molecule has 1 saturated carbocycles. The molecule has 0 aromatic heterocycles. The van der Waals surface area contributed by atoms with Crippen molar-refractivity contribution in [1.82, 2.24) is 0 Å². The fourth-order valence-corrected chi connectivity index (χ4v) is 3.19. The minimum Gasteiger partial charge on any atom is -0.481 e. The average molecular weight is 346 g/mol. The van der Waals surface area contributed by atoms with Gasteiger partial charge in [0, 0.05) is 17.8 Å². The molecule has 1 aromatic carbocycles. The lowest BCUT2D eigenvalue weighted by Crippen LogP contribution is -2.36. The molecular formula is C19H26N2O4. The molecule has 3 N–H and O–H groups in total. The van der Waals surface area contributed by atoms with Gasteiger partial charge in [0.05, 0.1) is 11.8 Å². The summed E-state index contributed by atoms with van der Waals surface area (Å²) in [4.78, 5) is 35.5. The highest BCUT2D eigenvalue weighted by Gasteiger charge is 2.35. The topological polar surface area (TPSA) is 95.5 Å². The van der Waals surface area contributed by atoms with Crippen LogP contribution in [0.15, 0.2) is 24.3 Å². The number of hydrogen-bond donors (Lipinski definition) is 3. The molecule has 0 bridgehead atoms. The van der Waals surface area contributed by atoms with E-state index in [9.17, 15) is 19.5 Å². The number of amides is 2. The molecule has 1 aliphatic rings. The summed E-state index contributed by atoms with van der Waals surface area (Å²) in [6.07, 6.45) is 3.34. The van der Waals surface area contributed by atoms with E-state index in [-0.39, 0.29) is 17.7 Å². The summed E-state index contributed by atoms with van der Waals surface area (Å²) in [5, 5.41) is 14.9. The van der Waals surface area contributed by atoms with Crippen molar-refractivity contribution < 1.29 is 19.5 Å². The van der Waals surface area contributed by atoms with Gasteiger partial charge >= 0.3 is 5.97 Å². The maximum atomic E-state index is 12.4. The van der Waals surface area contributed by atoms with Gasteiger partial charge in [0.2, 0.25) is 11.8 Å². The highest BCUT2D eigenvalue weighted by molar-refractivity contribution is 5.96. The zero-order chi connectivity index (χ0) is 18.4. The summed E-state index contributed by atoms with van der Waals surface area (Å²) in [6.45, 7) is 3.96.